The molecule has 4 saturated carbocycles. The number of aliphatic hydroxyl groups excluding tert-OH is 6. The summed E-state index contributed by atoms with van der Waals surface area (Å²) in [5.74, 6) is 0.130. The van der Waals surface area contributed by atoms with Gasteiger partial charge in [0.15, 0.2) is 0 Å². The Hall–Kier alpha value is -1.07. The molecule has 0 aromatic rings. The second-order valence-electron chi connectivity index (χ2n) is 17.9. The van der Waals surface area contributed by atoms with Gasteiger partial charge in [-0.25, -0.2) is 0 Å². The zero-order valence-electron chi connectivity index (χ0n) is 28.3. The lowest BCUT2D eigenvalue weighted by atomic mass is 9.33. The summed E-state index contributed by atoms with van der Waals surface area (Å²) < 4.78 is 11.5. The minimum absolute atomic E-state index is 0.00571. The lowest BCUT2D eigenvalue weighted by Gasteiger charge is -2.71. The van der Waals surface area contributed by atoms with Gasteiger partial charge in [0.25, 0.3) is 0 Å². The monoisotopic (exact) mass is 634 g/mol. The van der Waals surface area contributed by atoms with Gasteiger partial charge in [-0.3, -0.25) is 4.79 Å². The Bertz CT molecular complexity index is 1210. The molecule has 0 amide bonds. The van der Waals surface area contributed by atoms with E-state index >= 15 is 0 Å². The normalized spacial score (nSPS) is 53.6. The zero-order valence-corrected chi connectivity index (χ0v) is 28.3. The Kier molecular flexibility index (Phi) is 8.05. The summed E-state index contributed by atoms with van der Waals surface area (Å²) >= 11 is 0. The molecule has 0 aromatic heterocycles. The van der Waals surface area contributed by atoms with Gasteiger partial charge in [-0.1, -0.05) is 60.1 Å². The van der Waals surface area contributed by atoms with Crippen molar-refractivity contribution in [2.24, 2.45) is 50.2 Å². The van der Waals surface area contributed by atoms with Crippen LogP contribution in [0.5, 0.6) is 0 Å². The van der Waals surface area contributed by atoms with Crippen LogP contribution in [0.1, 0.15) is 106 Å². The third kappa shape index (κ3) is 4.54. The standard InChI is InChI=1S/C36H58O9/c1-31(2)16-20-19-8-9-23-33(5)12-11-24(38)32(3,4)22(33)10-13-35(23,7)34(19,6)14-15-36(20,17-25(31)39)30(43)45-29-28(42)27(41)26(40)21(18-37)44-29/h8,20-29,37-42H,9-18H2,1-7H3/t20?,21-,22?,23?,24+,25+,26-,27+,28-,29+,33+,34?,35-,36-/m1/s1. The van der Waals surface area contributed by atoms with Crippen molar-refractivity contribution in [2.45, 2.75) is 149 Å². The van der Waals surface area contributed by atoms with E-state index in [-0.39, 0.29) is 40.1 Å². The third-order valence-electron chi connectivity index (χ3n) is 15.3. The number of allylic oxidation sites excluding steroid dienone is 2. The molecule has 0 spiro atoms. The Morgan fingerprint density at radius 3 is 2.20 bits per heavy atom. The number of carbonyl (C=O) groups excluding carboxylic acids is 1. The molecule has 14 atom stereocenters. The van der Waals surface area contributed by atoms with Gasteiger partial charge < -0.3 is 40.1 Å². The minimum Gasteiger partial charge on any atom is -0.432 e. The summed E-state index contributed by atoms with van der Waals surface area (Å²) in [5.41, 5.74) is -0.399. The van der Waals surface area contributed by atoms with Crippen LogP contribution in [0.25, 0.3) is 0 Å². The van der Waals surface area contributed by atoms with E-state index in [9.17, 15) is 35.4 Å². The van der Waals surface area contributed by atoms with E-state index in [2.05, 4.69) is 54.5 Å². The minimum atomic E-state index is -1.68. The maximum absolute atomic E-state index is 14.4. The fraction of sp³-hybridized carbons (Fsp3) is 0.917. The van der Waals surface area contributed by atoms with Gasteiger partial charge in [-0.05, 0) is 103 Å². The smallest absolute Gasteiger partial charge is 0.315 e. The molecule has 6 rings (SSSR count). The molecule has 45 heavy (non-hydrogen) atoms. The van der Waals surface area contributed by atoms with Crippen LogP contribution in [0.3, 0.4) is 0 Å². The second-order valence-corrected chi connectivity index (χ2v) is 17.9. The van der Waals surface area contributed by atoms with E-state index in [4.69, 9.17) is 9.47 Å². The molecular formula is C36H58O9. The van der Waals surface area contributed by atoms with Crippen LogP contribution < -0.4 is 0 Å². The van der Waals surface area contributed by atoms with Gasteiger partial charge in [0.05, 0.1) is 24.2 Å². The van der Waals surface area contributed by atoms with Crippen molar-refractivity contribution >= 4 is 5.97 Å². The summed E-state index contributed by atoms with van der Waals surface area (Å²) in [4.78, 5) is 14.4. The summed E-state index contributed by atoms with van der Waals surface area (Å²) in [6, 6.07) is 0. The highest BCUT2D eigenvalue weighted by Crippen LogP contribution is 2.75. The largest absolute Gasteiger partial charge is 0.432 e. The lowest BCUT2D eigenvalue weighted by Crippen LogP contribution is -2.66. The summed E-state index contributed by atoms with van der Waals surface area (Å²) in [7, 11) is 0. The van der Waals surface area contributed by atoms with Crippen molar-refractivity contribution in [3.8, 4) is 0 Å². The van der Waals surface area contributed by atoms with E-state index in [1.165, 1.54) is 5.57 Å². The Morgan fingerprint density at radius 2 is 1.53 bits per heavy atom. The van der Waals surface area contributed by atoms with Crippen LogP contribution in [0, 0.1) is 50.2 Å². The molecule has 0 aromatic carbocycles. The Balaban J connectivity index is 1.37. The topological polar surface area (TPSA) is 157 Å². The predicted octanol–water partition coefficient (Wildman–Crippen LogP) is 3.46. The van der Waals surface area contributed by atoms with Gasteiger partial charge in [0.1, 0.15) is 24.4 Å². The van der Waals surface area contributed by atoms with E-state index < -0.39 is 60.2 Å². The molecule has 6 N–H and O–H groups in total. The van der Waals surface area contributed by atoms with Crippen LogP contribution in [0.15, 0.2) is 11.6 Å². The van der Waals surface area contributed by atoms with Gasteiger partial charge in [0.2, 0.25) is 6.29 Å². The summed E-state index contributed by atoms with van der Waals surface area (Å²) in [6.07, 6.45) is 0.775. The molecule has 5 aliphatic carbocycles. The first-order valence-electron chi connectivity index (χ1n) is 17.4. The average molecular weight is 635 g/mol. The molecule has 1 aliphatic heterocycles. The van der Waals surface area contributed by atoms with Gasteiger partial charge in [-0.15, -0.1) is 0 Å². The zero-order chi connectivity index (χ0) is 33.1. The molecule has 1 saturated heterocycles. The number of fused-ring (bicyclic) bond motifs is 7. The number of esters is 1. The van der Waals surface area contributed by atoms with Gasteiger partial charge in [0, 0.05) is 0 Å². The number of ether oxygens (including phenoxy) is 2. The molecule has 4 unspecified atom stereocenters. The van der Waals surface area contributed by atoms with Crippen molar-refractivity contribution < 1.29 is 44.9 Å². The fourth-order valence-electron chi connectivity index (χ4n) is 12.0. The highest BCUT2D eigenvalue weighted by molar-refractivity contribution is 5.79. The average Bonchev–Trinajstić information content (AvgIpc) is 2.96. The van der Waals surface area contributed by atoms with E-state index in [1.807, 2.05) is 0 Å². The second kappa shape index (κ2) is 10.7. The van der Waals surface area contributed by atoms with Crippen molar-refractivity contribution in [3.05, 3.63) is 11.6 Å². The number of carbonyl (C=O) groups is 1. The molecule has 6 aliphatic rings. The van der Waals surface area contributed by atoms with Crippen LogP contribution in [0.2, 0.25) is 0 Å². The fourth-order valence-corrected chi connectivity index (χ4v) is 12.0. The quantitative estimate of drug-likeness (QED) is 0.202. The molecule has 9 nitrogen and oxygen atoms in total. The van der Waals surface area contributed by atoms with Crippen LogP contribution in [0.4, 0.5) is 0 Å². The molecule has 1 heterocycles. The predicted molar refractivity (Wildman–Crippen MR) is 166 cm³/mol. The van der Waals surface area contributed by atoms with Crippen molar-refractivity contribution in [3.63, 3.8) is 0 Å². The molecule has 5 fully saturated rings. The number of aliphatic hydroxyl groups is 6. The molecule has 9 heteroatoms. The lowest BCUT2D eigenvalue weighted by molar-refractivity contribution is -0.298. The maximum atomic E-state index is 14.4. The molecule has 0 radical (unpaired) electrons. The first kappa shape index (κ1) is 33.8. The molecular weight excluding hydrogens is 576 g/mol. The van der Waals surface area contributed by atoms with Gasteiger partial charge >= 0.3 is 5.97 Å². The third-order valence-corrected chi connectivity index (χ3v) is 15.3. The summed E-state index contributed by atoms with van der Waals surface area (Å²) in [6.45, 7) is 15.4. The highest BCUT2D eigenvalue weighted by Gasteiger charge is 2.70. The van der Waals surface area contributed by atoms with E-state index in [0.29, 0.717) is 24.7 Å². The molecule has 0 bridgehead atoms. The van der Waals surface area contributed by atoms with Crippen molar-refractivity contribution in [1.82, 2.24) is 0 Å². The van der Waals surface area contributed by atoms with Crippen molar-refractivity contribution in [2.75, 3.05) is 6.61 Å². The van der Waals surface area contributed by atoms with E-state index in [0.717, 1.165) is 38.5 Å². The van der Waals surface area contributed by atoms with E-state index in [1.54, 1.807) is 0 Å². The van der Waals surface area contributed by atoms with Crippen molar-refractivity contribution in [1.29, 1.82) is 0 Å². The Morgan fingerprint density at radius 1 is 0.844 bits per heavy atom. The Labute approximate surface area is 268 Å². The maximum Gasteiger partial charge on any atom is 0.315 e. The summed E-state index contributed by atoms with van der Waals surface area (Å²) in [5, 5.41) is 63.4. The van der Waals surface area contributed by atoms with Crippen LogP contribution in [-0.4, -0.2) is 86.1 Å². The SMILES string of the molecule is CC1(C)CC2C3=CCC4[C@@]5(C)CC[C@H](O)C(C)(C)C5CC[C@@]4(C)C3(C)CC[C@@]2(C(=O)O[C@@H]2O[C@H](CO)[C@@H](O)[C@H](O)[C@H]2O)C[C@@H]1O. The van der Waals surface area contributed by atoms with Crippen LogP contribution in [-0.2, 0) is 14.3 Å². The number of hydrogen-bond donors (Lipinski definition) is 6. The first-order chi connectivity index (χ1) is 20.8. The highest BCUT2D eigenvalue weighted by atomic mass is 16.7. The number of hydrogen-bond acceptors (Lipinski definition) is 9. The molecule has 256 valence electrons. The number of rotatable bonds is 3. The first-order valence-corrected chi connectivity index (χ1v) is 17.4. The van der Waals surface area contributed by atoms with Gasteiger partial charge in [-0.2, -0.15) is 0 Å². The van der Waals surface area contributed by atoms with Crippen LogP contribution >= 0.6 is 0 Å².